The third-order valence-electron chi connectivity index (χ3n) is 6.37. The van der Waals surface area contributed by atoms with Gasteiger partial charge in [0.25, 0.3) is 5.91 Å². The van der Waals surface area contributed by atoms with Crippen LogP contribution in [0.4, 0.5) is 10.5 Å². The van der Waals surface area contributed by atoms with Gasteiger partial charge in [-0.25, -0.2) is 9.69 Å². The Bertz CT molecular complexity index is 1210. The van der Waals surface area contributed by atoms with Gasteiger partial charge < -0.3 is 14.8 Å². The fraction of sp³-hybridized carbons (Fsp3) is 0.214. The lowest BCUT2D eigenvalue weighted by atomic mass is 9.98. The van der Waals surface area contributed by atoms with Crippen molar-refractivity contribution in [3.05, 3.63) is 101 Å². The molecule has 1 saturated heterocycles. The Balaban J connectivity index is 1.31. The summed E-state index contributed by atoms with van der Waals surface area (Å²) in [6.45, 7) is 0.714. The number of hydrogen-bond acceptors (Lipinski definition) is 5. The van der Waals surface area contributed by atoms with Crippen molar-refractivity contribution < 1.29 is 19.1 Å². The second-order valence-corrected chi connectivity index (χ2v) is 8.39. The molecule has 0 saturated carbocycles. The SMILES string of the molecule is COCC(Nc1ccccc1)=C1CCN(C(=O)OCC2c3ccccc3-c3ccccc32)C1=O. The van der Waals surface area contributed by atoms with Crippen molar-refractivity contribution in [3.63, 3.8) is 0 Å². The van der Waals surface area contributed by atoms with Gasteiger partial charge in [-0.1, -0.05) is 66.7 Å². The molecule has 0 atom stereocenters. The van der Waals surface area contributed by atoms with Crippen LogP contribution >= 0.6 is 0 Å². The zero-order chi connectivity index (χ0) is 23.5. The molecular formula is C28H26N2O4. The summed E-state index contributed by atoms with van der Waals surface area (Å²) in [5.74, 6) is -0.388. The molecule has 34 heavy (non-hydrogen) atoms. The summed E-state index contributed by atoms with van der Waals surface area (Å²) in [5.41, 5.74) is 6.66. The maximum atomic E-state index is 13.1. The van der Waals surface area contributed by atoms with Crippen LogP contribution in [0.3, 0.4) is 0 Å². The van der Waals surface area contributed by atoms with Gasteiger partial charge in [-0.05, 0) is 40.8 Å². The van der Waals surface area contributed by atoms with Crippen molar-refractivity contribution in [1.82, 2.24) is 4.90 Å². The van der Waals surface area contributed by atoms with Crippen LogP contribution in [0.25, 0.3) is 11.1 Å². The van der Waals surface area contributed by atoms with Crippen molar-refractivity contribution in [2.45, 2.75) is 12.3 Å². The van der Waals surface area contributed by atoms with E-state index in [1.54, 1.807) is 7.11 Å². The third-order valence-corrected chi connectivity index (χ3v) is 6.37. The normalized spacial score (nSPS) is 16.3. The summed E-state index contributed by atoms with van der Waals surface area (Å²) in [7, 11) is 1.58. The van der Waals surface area contributed by atoms with E-state index in [2.05, 4.69) is 29.6 Å². The molecule has 0 aromatic heterocycles. The highest BCUT2D eigenvalue weighted by Crippen LogP contribution is 2.44. The minimum absolute atomic E-state index is 0.0483. The Morgan fingerprint density at radius 3 is 2.21 bits per heavy atom. The van der Waals surface area contributed by atoms with E-state index in [4.69, 9.17) is 9.47 Å². The lowest BCUT2D eigenvalue weighted by Gasteiger charge is -2.18. The number of likely N-dealkylation sites (tertiary alicyclic amines) is 1. The van der Waals surface area contributed by atoms with Gasteiger partial charge in [0.2, 0.25) is 0 Å². The molecule has 172 valence electrons. The lowest BCUT2D eigenvalue weighted by molar-refractivity contribution is -0.123. The second-order valence-electron chi connectivity index (χ2n) is 8.39. The Morgan fingerprint density at radius 1 is 0.941 bits per heavy atom. The largest absolute Gasteiger partial charge is 0.448 e. The monoisotopic (exact) mass is 454 g/mol. The highest BCUT2D eigenvalue weighted by molar-refractivity contribution is 6.05. The number of fused-ring (bicyclic) bond motifs is 3. The number of para-hydroxylation sites is 1. The van der Waals surface area contributed by atoms with Crippen molar-refractivity contribution in [2.24, 2.45) is 0 Å². The first-order chi connectivity index (χ1) is 16.7. The van der Waals surface area contributed by atoms with Gasteiger partial charge in [-0.2, -0.15) is 0 Å². The predicted octanol–water partition coefficient (Wildman–Crippen LogP) is 5.18. The standard InChI is InChI=1S/C28H26N2O4/c1-33-18-26(29-19-9-3-2-4-10-19)24-15-16-30(27(24)31)28(32)34-17-25-22-13-7-5-11-20(22)21-12-6-8-14-23(21)25/h2-14,25,29H,15-18H2,1H3. The van der Waals surface area contributed by atoms with E-state index in [-0.39, 0.29) is 31.6 Å². The highest BCUT2D eigenvalue weighted by atomic mass is 16.6. The van der Waals surface area contributed by atoms with Crippen molar-refractivity contribution in [2.75, 3.05) is 32.2 Å². The Kier molecular flexibility index (Phi) is 6.14. The van der Waals surface area contributed by atoms with E-state index in [0.717, 1.165) is 27.9 Å². The number of imide groups is 1. The Morgan fingerprint density at radius 2 is 1.56 bits per heavy atom. The number of carbonyl (C=O) groups is 2. The zero-order valence-corrected chi connectivity index (χ0v) is 19.0. The molecule has 0 bridgehead atoms. The second kappa shape index (κ2) is 9.53. The smallest absolute Gasteiger partial charge is 0.416 e. The minimum atomic E-state index is -0.613. The summed E-state index contributed by atoms with van der Waals surface area (Å²) >= 11 is 0. The van der Waals surface area contributed by atoms with Gasteiger partial charge in [0.15, 0.2) is 0 Å². The van der Waals surface area contributed by atoms with E-state index in [1.165, 1.54) is 4.90 Å². The van der Waals surface area contributed by atoms with Gasteiger partial charge in [0, 0.05) is 30.8 Å². The maximum Gasteiger partial charge on any atom is 0.416 e. The Hall–Kier alpha value is -3.90. The number of rotatable bonds is 6. The first kappa shape index (κ1) is 21.9. The predicted molar refractivity (Wildman–Crippen MR) is 130 cm³/mol. The molecule has 6 nitrogen and oxygen atoms in total. The van der Waals surface area contributed by atoms with Gasteiger partial charge in [-0.3, -0.25) is 4.79 Å². The molecule has 3 aromatic carbocycles. The van der Waals surface area contributed by atoms with Crippen LogP contribution in [0, 0.1) is 0 Å². The van der Waals surface area contributed by atoms with E-state index < -0.39 is 6.09 Å². The number of nitrogens with one attached hydrogen (secondary N) is 1. The molecule has 2 amide bonds. The van der Waals surface area contributed by atoms with Gasteiger partial charge in [0.1, 0.15) is 6.61 Å². The number of anilines is 1. The van der Waals surface area contributed by atoms with Crippen LogP contribution in [0.15, 0.2) is 90.1 Å². The highest BCUT2D eigenvalue weighted by Gasteiger charge is 2.36. The minimum Gasteiger partial charge on any atom is -0.448 e. The average Bonchev–Trinajstić information content (AvgIpc) is 3.41. The molecular weight excluding hydrogens is 428 g/mol. The van der Waals surface area contributed by atoms with E-state index in [1.807, 2.05) is 54.6 Å². The number of carbonyl (C=O) groups excluding carboxylic acids is 2. The molecule has 2 aliphatic rings. The first-order valence-electron chi connectivity index (χ1n) is 11.4. The Labute approximate surface area is 198 Å². The number of hydrogen-bond donors (Lipinski definition) is 1. The fourth-order valence-corrected chi connectivity index (χ4v) is 4.76. The van der Waals surface area contributed by atoms with Crippen LogP contribution in [-0.4, -0.2) is 43.8 Å². The molecule has 5 rings (SSSR count). The van der Waals surface area contributed by atoms with Crippen molar-refractivity contribution in [3.8, 4) is 11.1 Å². The lowest BCUT2D eigenvalue weighted by Crippen LogP contribution is -2.34. The quantitative estimate of drug-likeness (QED) is 0.520. The van der Waals surface area contributed by atoms with E-state index in [0.29, 0.717) is 17.7 Å². The molecule has 0 spiro atoms. The number of ether oxygens (including phenoxy) is 2. The summed E-state index contributed by atoms with van der Waals surface area (Å²) in [6.07, 6.45) is -0.167. The molecule has 1 heterocycles. The molecule has 0 unspecified atom stereocenters. The third kappa shape index (κ3) is 4.08. The number of amides is 2. The van der Waals surface area contributed by atoms with Gasteiger partial charge in [-0.15, -0.1) is 0 Å². The molecule has 1 fully saturated rings. The van der Waals surface area contributed by atoms with Gasteiger partial charge in [0.05, 0.1) is 12.3 Å². The number of methoxy groups -OCH3 is 1. The topological polar surface area (TPSA) is 67.9 Å². The van der Waals surface area contributed by atoms with Crippen LogP contribution in [0.1, 0.15) is 23.5 Å². The van der Waals surface area contributed by atoms with Crippen LogP contribution in [0.2, 0.25) is 0 Å². The summed E-state index contributed by atoms with van der Waals surface area (Å²) < 4.78 is 11.0. The van der Waals surface area contributed by atoms with E-state index >= 15 is 0 Å². The summed E-state index contributed by atoms with van der Waals surface area (Å²) in [6, 6.07) is 25.9. The van der Waals surface area contributed by atoms with Crippen molar-refractivity contribution >= 4 is 17.7 Å². The fourth-order valence-electron chi connectivity index (χ4n) is 4.76. The maximum absolute atomic E-state index is 13.1. The first-order valence-corrected chi connectivity index (χ1v) is 11.4. The molecule has 3 aromatic rings. The molecule has 6 heteroatoms. The number of nitrogens with zero attached hydrogens (tertiary/aromatic N) is 1. The van der Waals surface area contributed by atoms with Crippen LogP contribution in [-0.2, 0) is 14.3 Å². The zero-order valence-electron chi connectivity index (χ0n) is 19.0. The van der Waals surface area contributed by atoms with Gasteiger partial charge >= 0.3 is 6.09 Å². The summed E-state index contributed by atoms with van der Waals surface area (Å²) in [4.78, 5) is 27.2. The summed E-state index contributed by atoms with van der Waals surface area (Å²) in [5, 5.41) is 3.27. The molecule has 1 aliphatic carbocycles. The molecule has 1 N–H and O–H groups in total. The number of benzene rings is 3. The molecule has 1 aliphatic heterocycles. The van der Waals surface area contributed by atoms with E-state index in [9.17, 15) is 9.59 Å². The van der Waals surface area contributed by atoms with Crippen LogP contribution in [0.5, 0.6) is 0 Å². The molecule has 0 radical (unpaired) electrons. The van der Waals surface area contributed by atoms with Crippen LogP contribution < -0.4 is 5.32 Å². The average molecular weight is 455 g/mol. The van der Waals surface area contributed by atoms with Crippen molar-refractivity contribution in [1.29, 1.82) is 0 Å².